The summed E-state index contributed by atoms with van der Waals surface area (Å²) in [4.78, 5) is 9.25. The van der Waals surface area contributed by atoms with Gasteiger partial charge in [0, 0.05) is 19.3 Å². The van der Waals surface area contributed by atoms with E-state index >= 15 is 0 Å². The molecular weight excluding hydrogens is 307 g/mol. The summed E-state index contributed by atoms with van der Waals surface area (Å²) in [6, 6.07) is 7.72. The van der Waals surface area contributed by atoms with Crippen LogP contribution in [-0.2, 0) is 6.18 Å². The Morgan fingerprint density at radius 1 is 1.09 bits per heavy atom. The van der Waals surface area contributed by atoms with Gasteiger partial charge in [-0.2, -0.15) is 13.2 Å². The highest BCUT2D eigenvalue weighted by Crippen LogP contribution is 2.29. The van der Waals surface area contributed by atoms with Crippen LogP contribution >= 0.6 is 0 Å². The van der Waals surface area contributed by atoms with Crippen LogP contribution in [0.15, 0.2) is 42.6 Å². The van der Waals surface area contributed by atoms with Gasteiger partial charge in [0.2, 0.25) is 5.95 Å². The number of nitrogens with zero attached hydrogens (tertiary/aromatic N) is 3. The van der Waals surface area contributed by atoms with E-state index in [2.05, 4.69) is 9.97 Å². The molecule has 0 amide bonds. The lowest BCUT2D eigenvalue weighted by Crippen LogP contribution is -2.30. The molecule has 1 aliphatic rings. The normalized spacial score (nSPS) is 15.4. The van der Waals surface area contributed by atoms with Crippen molar-refractivity contribution in [2.45, 2.75) is 12.6 Å². The fraction of sp³-hybridized carbons (Fsp3) is 0.250. The van der Waals surface area contributed by atoms with Gasteiger partial charge < -0.3 is 10.0 Å². The summed E-state index contributed by atoms with van der Waals surface area (Å²) in [6.45, 7) is 0.978. The van der Waals surface area contributed by atoms with Gasteiger partial charge in [-0.25, -0.2) is 9.97 Å². The maximum absolute atomic E-state index is 12.7. The summed E-state index contributed by atoms with van der Waals surface area (Å²) in [6.07, 6.45) is -0.727. The maximum atomic E-state index is 12.7. The van der Waals surface area contributed by atoms with Crippen LogP contribution < -0.4 is 4.90 Å². The van der Waals surface area contributed by atoms with Crippen molar-refractivity contribution in [2.24, 2.45) is 0 Å². The Bertz CT molecular complexity index is 726. The van der Waals surface area contributed by atoms with E-state index in [9.17, 15) is 18.3 Å². The van der Waals surface area contributed by atoms with E-state index < -0.39 is 11.9 Å². The zero-order valence-electron chi connectivity index (χ0n) is 12.1. The minimum atomic E-state index is -4.47. The first-order valence-corrected chi connectivity index (χ1v) is 7.07. The van der Waals surface area contributed by atoms with Crippen molar-refractivity contribution < 1.29 is 18.3 Å². The third-order valence-electron chi connectivity index (χ3n) is 3.66. The summed E-state index contributed by atoms with van der Waals surface area (Å²) < 4.78 is 38.1. The Labute approximate surface area is 130 Å². The van der Waals surface area contributed by atoms with Gasteiger partial charge in [0.25, 0.3) is 0 Å². The first kappa shape index (κ1) is 15.3. The Balaban J connectivity index is 1.77. The standard InChI is InChI=1S/C16H14F3N3O/c17-16(18,19)14-5-8-20-15(21-14)22-9-6-12(7-10-22)11-1-3-13(23)4-2-11/h1-6,8,23H,7,9-10H2. The highest BCUT2D eigenvalue weighted by Gasteiger charge is 2.33. The zero-order valence-corrected chi connectivity index (χ0v) is 12.1. The Hall–Kier alpha value is -2.57. The highest BCUT2D eigenvalue weighted by molar-refractivity contribution is 5.68. The smallest absolute Gasteiger partial charge is 0.433 e. The molecule has 2 aromatic rings. The molecule has 4 nitrogen and oxygen atoms in total. The van der Waals surface area contributed by atoms with Crippen LogP contribution in [0.3, 0.4) is 0 Å². The molecule has 0 spiro atoms. The van der Waals surface area contributed by atoms with Crippen molar-refractivity contribution in [2.75, 3.05) is 18.0 Å². The van der Waals surface area contributed by atoms with Gasteiger partial charge >= 0.3 is 6.18 Å². The number of aromatic hydroxyl groups is 1. The molecule has 0 saturated heterocycles. The third-order valence-corrected chi connectivity index (χ3v) is 3.66. The molecule has 0 atom stereocenters. The van der Waals surface area contributed by atoms with Crippen LogP contribution in [0.25, 0.3) is 5.57 Å². The van der Waals surface area contributed by atoms with Crippen LogP contribution in [0.1, 0.15) is 17.7 Å². The molecule has 0 saturated carbocycles. The lowest BCUT2D eigenvalue weighted by atomic mass is 9.99. The third kappa shape index (κ3) is 3.44. The molecule has 3 rings (SSSR count). The molecule has 1 aromatic carbocycles. The van der Waals surface area contributed by atoms with Crippen molar-refractivity contribution in [3.8, 4) is 5.75 Å². The Morgan fingerprint density at radius 2 is 1.83 bits per heavy atom. The quantitative estimate of drug-likeness (QED) is 0.920. The molecule has 0 unspecified atom stereocenters. The van der Waals surface area contributed by atoms with E-state index in [-0.39, 0.29) is 11.7 Å². The second-order valence-corrected chi connectivity index (χ2v) is 5.21. The van der Waals surface area contributed by atoms with Crippen LogP contribution in [0.4, 0.5) is 19.1 Å². The molecule has 120 valence electrons. The number of halogens is 3. The van der Waals surface area contributed by atoms with Gasteiger partial charge in [-0.05, 0) is 35.8 Å². The lowest BCUT2D eigenvalue weighted by Gasteiger charge is -2.27. The minimum Gasteiger partial charge on any atom is -0.508 e. The molecule has 2 heterocycles. The average molecular weight is 321 g/mol. The highest BCUT2D eigenvalue weighted by atomic mass is 19.4. The summed E-state index contributed by atoms with van der Waals surface area (Å²) in [5.74, 6) is 0.282. The number of aromatic nitrogens is 2. The van der Waals surface area contributed by atoms with Crippen LogP contribution in [0.5, 0.6) is 5.75 Å². The number of phenols is 1. The van der Waals surface area contributed by atoms with Gasteiger partial charge in [0.05, 0.1) is 0 Å². The summed E-state index contributed by atoms with van der Waals surface area (Å²) in [5, 5.41) is 9.30. The molecule has 0 aliphatic carbocycles. The monoisotopic (exact) mass is 321 g/mol. The fourth-order valence-corrected chi connectivity index (χ4v) is 2.45. The van der Waals surface area contributed by atoms with E-state index in [4.69, 9.17) is 0 Å². The minimum absolute atomic E-state index is 0.0841. The van der Waals surface area contributed by atoms with Crippen molar-refractivity contribution in [3.63, 3.8) is 0 Å². The largest absolute Gasteiger partial charge is 0.508 e. The SMILES string of the molecule is Oc1ccc(C2=CCN(c3nccc(C(F)(F)F)n3)CC2)cc1. The predicted octanol–water partition coefficient (Wildman–Crippen LogP) is 3.49. The second-order valence-electron chi connectivity index (χ2n) is 5.21. The number of hydrogen-bond donors (Lipinski definition) is 1. The number of alkyl halides is 3. The molecular formula is C16H14F3N3O. The van der Waals surface area contributed by atoms with E-state index in [1.54, 1.807) is 17.0 Å². The van der Waals surface area contributed by atoms with Crippen LogP contribution in [-0.4, -0.2) is 28.2 Å². The Morgan fingerprint density at radius 3 is 2.43 bits per heavy atom. The first-order chi connectivity index (χ1) is 10.9. The number of phenolic OH excluding ortho intramolecular Hbond substituents is 1. The van der Waals surface area contributed by atoms with E-state index in [0.29, 0.717) is 19.5 Å². The molecule has 7 heteroatoms. The molecule has 1 aromatic heterocycles. The summed E-state index contributed by atoms with van der Waals surface area (Å²) in [7, 11) is 0. The van der Waals surface area contributed by atoms with Crippen molar-refractivity contribution >= 4 is 11.5 Å². The van der Waals surface area contributed by atoms with Gasteiger partial charge in [0.15, 0.2) is 0 Å². The van der Waals surface area contributed by atoms with Gasteiger partial charge in [-0.3, -0.25) is 0 Å². The lowest BCUT2D eigenvalue weighted by molar-refractivity contribution is -0.141. The zero-order chi connectivity index (χ0) is 16.4. The van der Waals surface area contributed by atoms with Crippen LogP contribution in [0.2, 0.25) is 0 Å². The number of benzene rings is 1. The number of hydrogen-bond acceptors (Lipinski definition) is 4. The average Bonchev–Trinajstić information content (AvgIpc) is 2.55. The molecule has 0 bridgehead atoms. The van der Waals surface area contributed by atoms with E-state index in [1.807, 2.05) is 18.2 Å². The molecule has 1 aliphatic heterocycles. The van der Waals surface area contributed by atoms with Gasteiger partial charge in [0.1, 0.15) is 11.4 Å². The molecule has 1 N–H and O–H groups in total. The molecule has 23 heavy (non-hydrogen) atoms. The molecule has 0 radical (unpaired) electrons. The van der Waals surface area contributed by atoms with Gasteiger partial charge in [-0.1, -0.05) is 18.2 Å². The first-order valence-electron chi connectivity index (χ1n) is 7.07. The van der Waals surface area contributed by atoms with Crippen molar-refractivity contribution in [1.29, 1.82) is 0 Å². The Kier molecular flexibility index (Phi) is 3.94. The summed E-state index contributed by atoms with van der Waals surface area (Å²) in [5.41, 5.74) is 1.15. The predicted molar refractivity (Wildman–Crippen MR) is 79.9 cm³/mol. The topological polar surface area (TPSA) is 49.2 Å². The van der Waals surface area contributed by atoms with Crippen LogP contribution in [0, 0.1) is 0 Å². The molecule has 0 fully saturated rings. The van der Waals surface area contributed by atoms with E-state index in [0.717, 1.165) is 23.4 Å². The number of rotatable bonds is 2. The van der Waals surface area contributed by atoms with Crippen molar-refractivity contribution in [3.05, 3.63) is 53.9 Å². The van der Waals surface area contributed by atoms with Gasteiger partial charge in [-0.15, -0.1) is 0 Å². The summed E-state index contributed by atoms with van der Waals surface area (Å²) >= 11 is 0. The maximum Gasteiger partial charge on any atom is 0.433 e. The van der Waals surface area contributed by atoms with Crippen molar-refractivity contribution in [1.82, 2.24) is 9.97 Å². The number of anilines is 1. The van der Waals surface area contributed by atoms with E-state index in [1.165, 1.54) is 0 Å². The fourth-order valence-electron chi connectivity index (χ4n) is 2.45. The second kappa shape index (κ2) is 5.91.